The smallest absolute Gasteiger partial charge is 0.240 e. The summed E-state index contributed by atoms with van der Waals surface area (Å²) in [6, 6.07) is 14.8. The molecule has 2 rings (SSSR count). The van der Waals surface area contributed by atoms with E-state index in [0.717, 1.165) is 17.5 Å². The Morgan fingerprint density at radius 3 is 1.96 bits per heavy atom. The van der Waals surface area contributed by atoms with Gasteiger partial charge in [0.2, 0.25) is 15.9 Å². The van der Waals surface area contributed by atoms with Crippen molar-refractivity contribution >= 4 is 15.9 Å². The highest BCUT2D eigenvalue weighted by molar-refractivity contribution is 7.89. The van der Waals surface area contributed by atoms with Crippen molar-refractivity contribution in [1.82, 2.24) is 4.72 Å². The lowest BCUT2D eigenvalue weighted by atomic mass is 9.96. The first-order valence-corrected chi connectivity index (χ1v) is 10.8. The molecule has 0 saturated carbocycles. The topological polar surface area (TPSA) is 89.3 Å². The van der Waals surface area contributed by atoms with Crippen molar-refractivity contribution in [3.8, 4) is 0 Å². The summed E-state index contributed by atoms with van der Waals surface area (Å²) in [4.78, 5) is 12.4. The van der Waals surface area contributed by atoms with Gasteiger partial charge >= 0.3 is 0 Å². The van der Waals surface area contributed by atoms with Crippen LogP contribution in [0.1, 0.15) is 48.9 Å². The van der Waals surface area contributed by atoms with Crippen molar-refractivity contribution in [2.75, 3.05) is 0 Å². The highest BCUT2D eigenvalue weighted by Gasteiger charge is 2.21. The van der Waals surface area contributed by atoms with E-state index in [1.807, 2.05) is 24.3 Å². The molecule has 0 unspecified atom stereocenters. The van der Waals surface area contributed by atoms with Gasteiger partial charge in [-0.3, -0.25) is 9.52 Å². The Morgan fingerprint density at radius 2 is 1.44 bits per heavy atom. The first-order valence-electron chi connectivity index (χ1n) is 9.11. The molecule has 0 saturated heterocycles. The van der Waals surface area contributed by atoms with Gasteiger partial charge in [-0.25, -0.2) is 8.42 Å². The van der Waals surface area contributed by atoms with Crippen LogP contribution in [0.2, 0.25) is 0 Å². The zero-order chi connectivity index (χ0) is 20.0. The molecule has 0 heterocycles. The fourth-order valence-corrected chi connectivity index (χ4v) is 4.02. The van der Waals surface area contributed by atoms with Gasteiger partial charge < -0.3 is 5.73 Å². The van der Waals surface area contributed by atoms with Crippen molar-refractivity contribution in [1.29, 1.82) is 0 Å². The number of amides is 1. The molecule has 0 aliphatic rings. The van der Waals surface area contributed by atoms with Gasteiger partial charge in [-0.15, -0.1) is 0 Å². The van der Waals surface area contributed by atoms with Crippen molar-refractivity contribution in [2.45, 2.75) is 45.4 Å². The number of sulfonamides is 1. The number of rotatable bonds is 8. The van der Waals surface area contributed by atoms with Gasteiger partial charge in [0.1, 0.15) is 0 Å². The van der Waals surface area contributed by atoms with E-state index in [9.17, 15) is 13.2 Å². The standard InChI is InChI=1S/C21H28N2O3S/c1-15(2)12-17-8-10-20(11-9-17)16(3)21(24)23-27(25,26)14-19-6-4-18(13-22)5-7-19/h4-11,15-16H,12-14,22H2,1-3H3,(H,23,24)/t16-/m1/s1. The Bertz CT molecular complexity index is 857. The Kier molecular flexibility index (Phi) is 7.16. The van der Waals surface area contributed by atoms with E-state index in [2.05, 4.69) is 18.6 Å². The number of nitrogens with one attached hydrogen (secondary N) is 1. The highest BCUT2D eigenvalue weighted by atomic mass is 32.2. The molecule has 1 atom stereocenters. The summed E-state index contributed by atoms with van der Waals surface area (Å²) in [5, 5.41) is 0. The first-order chi connectivity index (χ1) is 12.7. The second-order valence-corrected chi connectivity index (χ2v) is 9.03. The zero-order valence-electron chi connectivity index (χ0n) is 16.1. The molecule has 6 heteroatoms. The molecule has 0 aliphatic carbocycles. The van der Waals surface area contributed by atoms with Crippen LogP contribution in [0.25, 0.3) is 0 Å². The minimum absolute atomic E-state index is 0.246. The lowest BCUT2D eigenvalue weighted by molar-refractivity contribution is -0.120. The maximum absolute atomic E-state index is 12.4. The molecule has 146 valence electrons. The maximum Gasteiger partial charge on any atom is 0.240 e. The number of hydrogen-bond donors (Lipinski definition) is 2. The van der Waals surface area contributed by atoms with Crippen LogP contribution in [0, 0.1) is 5.92 Å². The third-order valence-corrected chi connectivity index (χ3v) is 5.61. The fraction of sp³-hybridized carbons (Fsp3) is 0.381. The molecular formula is C21H28N2O3S. The van der Waals surface area contributed by atoms with Gasteiger partial charge in [0, 0.05) is 6.54 Å². The molecule has 0 aliphatic heterocycles. The van der Waals surface area contributed by atoms with E-state index in [0.29, 0.717) is 18.0 Å². The van der Waals surface area contributed by atoms with Crippen LogP contribution in [-0.4, -0.2) is 14.3 Å². The summed E-state index contributed by atoms with van der Waals surface area (Å²) in [7, 11) is -3.76. The second kappa shape index (κ2) is 9.15. The molecule has 1 amide bonds. The van der Waals surface area contributed by atoms with E-state index in [-0.39, 0.29) is 5.75 Å². The Hall–Kier alpha value is -2.18. The van der Waals surface area contributed by atoms with E-state index < -0.39 is 21.8 Å². The maximum atomic E-state index is 12.4. The Labute approximate surface area is 162 Å². The minimum atomic E-state index is -3.76. The quantitative estimate of drug-likeness (QED) is 0.727. The lowest BCUT2D eigenvalue weighted by Gasteiger charge is -2.14. The number of carbonyl (C=O) groups is 1. The van der Waals surface area contributed by atoms with Gasteiger partial charge in [0.15, 0.2) is 0 Å². The van der Waals surface area contributed by atoms with Crippen LogP contribution in [0.4, 0.5) is 0 Å². The molecule has 5 nitrogen and oxygen atoms in total. The van der Waals surface area contributed by atoms with Crippen LogP contribution < -0.4 is 10.5 Å². The number of hydrogen-bond acceptors (Lipinski definition) is 4. The van der Waals surface area contributed by atoms with Gasteiger partial charge in [0.25, 0.3) is 0 Å². The van der Waals surface area contributed by atoms with Crippen LogP contribution in [-0.2, 0) is 33.5 Å². The molecule has 0 fully saturated rings. The summed E-state index contributed by atoms with van der Waals surface area (Å²) in [5.74, 6) is -0.762. The highest BCUT2D eigenvalue weighted by Crippen LogP contribution is 2.18. The second-order valence-electron chi connectivity index (χ2n) is 7.31. The normalized spacial score (nSPS) is 12.8. The van der Waals surface area contributed by atoms with Crippen LogP contribution in [0.3, 0.4) is 0 Å². The Morgan fingerprint density at radius 1 is 0.926 bits per heavy atom. The molecule has 2 aromatic rings. The predicted octanol–water partition coefficient (Wildman–Crippen LogP) is 3.09. The van der Waals surface area contributed by atoms with Crippen molar-refractivity contribution in [3.63, 3.8) is 0 Å². The zero-order valence-corrected chi connectivity index (χ0v) is 16.9. The summed E-state index contributed by atoms with van der Waals surface area (Å²) >= 11 is 0. The number of benzene rings is 2. The number of nitrogens with two attached hydrogens (primary N) is 1. The van der Waals surface area contributed by atoms with Gasteiger partial charge in [-0.1, -0.05) is 62.4 Å². The monoisotopic (exact) mass is 388 g/mol. The SMILES string of the molecule is CC(C)Cc1ccc([C@@H](C)C(=O)NS(=O)(=O)Cc2ccc(CN)cc2)cc1. The third-order valence-electron chi connectivity index (χ3n) is 4.39. The average molecular weight is 389 g/mol. The van der Waals surface area contributed by atoms with Crippen LogP contribution in [0.5, 0.6) is 0 Å². The lowest BCUT2D eigenvalue weighted by Crippen LogP contribution is -2.34. The van der Waals surface area contributed by atoms with Crippen molar-refractivity contribution in [3.05, 3.63) is 70.8 Å². The molecule has 0 bridgehead atoms. The largest absolute Gasteiger partial charge is 0.326 e. The summed E-state index contributed by atoms with van der Waals surface area (Å²) < 4.78 is 26.8. The molecule has 27 heavy (non-hydrogen) atoms. The van der Waals surface area contributed by atoms with E-state index in [4.69, 9.17) is 5.73 Å². The molecule has 0 radical (unpaired) electrons. The molecule has 0 spiro atoms. The third kappa shape index (κ3) is 6.48. The predicted molar refractivity (Wildman–Crippen MR) is 108 cm³/mol. The van der Waals surface area contributed by atoms with E-state index in [1.54, 1.807) is 31.2 Å². The molecule has 0 aromatic heterocycles. The average Bonchev–Trinajstić information content (AvgIpc) is 2.61. The van der Waals surface area contributed by atoms with Gasteiger partial charge in [-0.2, -0.15) is 0 Å². The van der Waals surface area contributed by atoms with Gasteiger partial charge in [-0.05, 0) is 41.5 Å². The van der Waals surface area contributed by atoms with E-state index >= 15 is 0 Å². The molecule has 3 N–H and O–H groups in total. The van der Waals surface area contributed by atoms with E-state index in [1.165, 1.54) is 5.56 Å². The fourth-order valence-electron chi connectivity index (χ4n) is 2.83. The molecule has 2 aromatic carbocycles. The van der Waals surface area contributed by atoms with Crippen LogP contribution in [0.15, 0.2) is 48.5 Å². The number of carbonyl (C=O) groups excluding carboxylic acids is 1. The minimum Gasteiger partial charge on any atom is -0.326 e. The Balaban J connectivity index is 2.01. The summed E-state index contributed by atoms with van der Waals surface area (Å²) in [6.45, 7) is 6.41. The van der Waals surface area contributed by atoms with Crippen molar-refractivity contribution in [2.24, 2.45) is 11.7 Å². The molecular weight excluding hydrogens is 360 g/mol. The van der Waals surface area contributed by atoms with Crippen molar-refractivity contribution < 1.29 is 13.2 Å². The first kappa shape index (κ1) is 21.1. The van der Waals surface area contributed by atoms with Gasteiger partial charge in [0.05, 0.1) is 11.7 Å². The summed E-state index contributed by atoms with van der Waals surface area (Å²) in [6.07, 6.45) is 0.970. The van der Waals surface area contributed by atoms with Crippen LogP contribution >= 0.6 is 0 Å². The summed E-state index contributed by atoms with van der Waals surface area (Å²) in [5.41, 5.74) is 9.07.